The van der Waals surface area contributed by atoms with Crippen LogP contribution in [0.2, 0.25) is 0 Å². The van der Waals surface area contributed by atoms with Crippen molar-refractivity contribution in [3.05, 3.63) is 11.6 Å². The third kappa shape index (κ3) is 5.99. The van der Waals surface area contributed by atoms with Gasteiger partial charge in [-0.2, -0.15) is 0 Å². The van der Waals surface area contributed by atoms with Gasteiger partial charge in [-0.05, 0) is 57.5 Å². The first kappa shape index (κ1) is 12.8. The van der Waals surface area contributed by atoms with Crippen molar-refractivity contribution in [3.63, 3.8) is 0 Å². The van der Waals surface area contributed by atoms with Crippen molar-refractivity contribution in [1.29, 1.82) is 0 Å². The molecule has 1 N–H and O–H groups in total. The zero-order valence-electron chi connectivity index (χ0n) is 10.5. The quantitative estimate of drug-likeness (QED) is 0.495. The van der Waals surface area contributed by atoms with E-state index in [2.05, 4.69) is 25.2 Å². The minimum absolute atomic E-state index is 0.843. The van der Waals surface area contributed by atoms with Crippen LogP contribution in [0.25, 0.3) is 0 Å². The Labute approximate surface area is 95.3 Å². The van der Waals surface area contributed by atoms with Crippen LogP contribution in [0.5, 0.6) is 0 Å². The van der Waals surface area contributed by atoms with Crippen molar-refractivity contribution in [2.45, 2.75) is 58.8 Å². The second-order valence-corrected chi connectivity index (χ2v) is 4.96. The lowest BCUT2D eigenvalue weighted by molar-refractivity contribution is 0.476. The first-order chi connectivity index (χ1) is 7.33. The predicted molar refractivity (Wildman–Crippen MR) is 68.1 cm³/mol. The molecule has 1 nitrogen and oxygen atoms in total. The van der Waals surface area contributed by atoms with E-state index in [0.29, 0.717) is 0 Å². The summed E-state index contributed by atoms with van der Waals surface area (Å²) in [5, 5.41) is 3.58. The Morgan fingerprint density at radius 3 is 2.93 bits per heavy atom. The fourth-order valence-corrected chi connectivity index (χ4v) is 2.32. The van der Waals surface area contributed by atoms with Crippen LogP contribution < -0.4 is 5.32 Å². The Hall–Kier alpha value is -0.300. The second kappa shape index (κ2) is 7.92. The van der Waals surface area contributed by atoms with Gasteiger partial charge in [0.1, 0.15) is 0 Å². The maximum absolute atomic E-state index is 3.58. The highest BCUT2D eigenvalue weighted by Gasteiger charge is 2.03. The average molecular weight is 209 g/mol. The van der Waals surface area contributed by atoms with Gasteiger partial charge in [0.15, 0.2) is 0 Å². The van der Waals surface area contributed by atoms with E-state index in [1.807, 2.05) is 0 Å². The molecule has 1 unspecified atom stereocenters. The van der Waals surface area contributed by atoms with Gasteiger partial charge in [0, 0.05) is 0 Å². The SMILES string of the molecule is CCCC(C)CNCCC1=CCCCC1. The summed E-state index contributed by atoms with van der Waals surface area (Å²) in [5.41, 5.74) is 1.69. The minimum Gasteiger partial charge on any atom is -0.316 e. The molecule has 0 amide bonds. The number of nitrogens with one attached hydrogen (secondary N) is 1. The van der Waals surface area contributed by atoms with Gasteiger partial charge in [-0.15, -0.1) is 0 Å². The monoisotopic (exact) mass is 209 g/mol. The maximum atomic E-state index is 3.58. The summed E-state index contributed by atoms with van der Waals surface area (Å²) >= 11 is 0. The molecule has 1 aliphatic rings. The fraction of sp³-hybridized carbons (Fsp3) is 0.857. The number of hydrogen-bond donors (Lipinski definition) is 1. The van der Waals surface area contributed by atoms with Gasteiger partial charge < -0.3 is 5.32 Å². The van der Waals surface area contributed by atoms with Gasteiger partial charge in [-0.25, -0.2) is 0 Å². The van der Waals surface area contributed by atoms with Crippen LogP contribution in [0, 0.1) is 5.92 Å². The molecule has 1 heteroatoms. The van der Waals surface area contributed by atoms with Crippen LogP contribution in [0.3, 0.4) is 0 Å². The van der Waals surface area contributed by atoms with Crippen molar-refractivity contribution < 1.29 is 0 Å². The molecule has 1 rings (SSSR count). The molecule has 0 bridgehead atoms. The van der Waals surface area contributed by atoms with E-state index in [1.54, 1.807) is 5.57 Å². The zero-order valence-corrected chi connectivity index (χ0v) is 10.5. The third-order valence-electron chi connectivity index (χ3n) is 3.28. The molecule has 0 saturated heterocycles. The van der Waals surface area contributed by atoms with E-state index in [4.69, 9.17) is 0 Å². The van der Waals surface area contributed by atoms with Crippen LogP contribution in [0.15, 0.2) is 11.6 Å². The lowest BCUT2D eigenvalue weighted by Gasteiger charge is -2.14. The second-order valence-electron chi connectivity index (χ2n) is 4.96. The summed E-state index contributed by atoms with van der Waals surface area (Å²) in [4.78, 5) is 0. The first-order valence-electron chi connectivity index (χ1n) is 6.71. The maximum Gasteiger partial charge on any atom is -0.00115 e. The van der Waals surface area contributed by atoms with E-state index >= 15 is 0 Å². The highest BCUT2D eigenvalue weighted by Crippen LogP contribution is 2.19. The fourth-order valence-electron chi connectivity index (χ4n) is 2.32. The van der Waals surface area contributed by atoms with Crippen molar-refractivity contribution in [2.75, 3.05) is 13.1 Å². The molecule has 0 spiro atoms. The van der Waals surface area contributed by atoms with Crippen LogP contribution in [0.4, 0.5) is 0 Å². The Kier molecular flexibility index (Phi) is 6.74. The van der Waals surface area contributed by atoms with Crippen molar-refractivity contribution in [1.82, 2.24) is 5.32 Å². The van der Waals surface area contributed by atoms with Crippen molar-refractivity contribution >= 4 is 0 Å². The summed E-state index contributed by atoms with van der Waals surface area (Å²) in [6.45, 7) is 6.99. The van der Waals surface area contributed by atoms with Gasteiger partial charge in [0.2, 0.25) is 0 Å². The summed E-state index contributed by atoms with van der Waals surface area (Å²) in [7, 11) is 0. The minimum atomic E-state index is 0.843. The Bertz CT molecular complexity index is 184. The molecular formula is C14H27N. The normalized spacial score (nSPS) is 18.7. The van der Waals surface area contributed by atoms with Crippen LogP contribution in [-0.2, 0) is 0 Å². The van der Waals surface area contributed by atoms with Crippen LogP contribution in [0.1, 0.15) is 58.8 Å². The Morgan fingerprint density at radius 1 is 1.40 bits per heavy atom. The van der Waals surface area contributed by atoms with Gasteiger partial charge in [-0.3, -0.25) is 0 Å². The summed E-state index contributed by atoms with van der Waals surface area (Å²) in [6.07, 6.45) is 11.9. The molecule has 0 radical (unpaired) electrons. The lowest BCUT2D eigenvalue weighted by Crippen LogP contribution is -2.22. The molecule has 0 saturated carbocycles. The Morgan fingerprint density at radius 2 is 2.27 bits per heavy atom. The van der Waals surface area contributed by atoms with Gasteiger partial charge in [-0.1, -0.05) is 31.9 Å². The number of rotatable bonds is 7. The van der Waals surface area contributed by atoms with Gasteiger partial charge >= 0.3 is 0 Å². The van der Waals surface area contributed by atoms with E-state index in [1.165, 1.54) is 58.0 Å². The van der Waals surface area contributed by atoms with Gasteiger partial charge in [0.25, 0.3) is 0 Å². The van der Waals surface area contributed by atoms with E-state index < -0.39 is 0 Å². The molecule has 1 atom stereocenters. The van der Waals surface area contributed by atoms with E-state index in [0.717, 1.165) is 5.92 Å². The first-order valence-corrected chi connectivity index (χ1v) is 6.71. The zero-order chi connectivity index (χ0) is 10.9. The largest absolute Gasteiger partial charge is 0.316 e. The van der Waals surface area contributed by atoms with Gasteiger partial charge in [0.05, 0.1) is 0 Å². The highest BCUT2D eigenvalue weighted by molar-refractivity contribution is 5.05. The molecule has 1 aliphatic carbocycles. The summed E-state index contributed by atoms with van der Waals surface area (Å²) in [5.74, 6) is 0.843. The van der Waals surface area contributed by atoms with E-state index in [-0.39, 0.29) is 0 Å². The molecule has 0 fully saturated rings. The van der Waals surface area contributed by atoms with Crippen molar-refractivity contribution in [2.24, 2.45) is 5.92 Å². The molecule has 0 aromatic carbocycles. The molecule has 0 aromatic rings. The van der Waals surface area contributed by atoms with Crippen molar-refractivity contribution in [3.8, 4) is 0 Å². The predicted octanol–water partition coefficient (Wildman–Crippen LogP) is 3.90. The molecule has 0 aliphatic heterocycles. The van der Waals surface area contributed by atoms with E-state index in [9.17, 15) is 0 Å². The average Bonchev–Trinajstić information content (AvgIpc) is 2.26. The molecule has 88 valence electrons. The molecular weight excluding hydrogens is 182 g/mol. The summed E-state index contributed by atoms with van der Waals surface area (Å²) < 4.78 is 0. The lowest BCUT2D eigenvalue weighted by atomic mass is 9.97. The third-order valence-corrected chi connectivity index (χ3v) is 3.28. The van der Waals surface area contributed by atoms with Crippen LogP contribution in [-0.4, -0.2) is 13.1 Å². The smallest absolute Gasteiger partial charge is 0.00115 e. The van der Waals surface area contributed by atoms with Crippen LogP contribution >= 0.6 is 0 Å². The highest BCUT2D eigenvalue weighted by atomic mass is 14.8. The standard InChI is InChI=1S/C14H27N/c1-3-7-13(2)12-15-11-10-14-8-5-4-6-9-14/h8,13,15H,3-7,9-12H2,1-2H3. The molecule has 0 heterocycles. The topological polar surface area (TPSA) is 12.0 Å². The number of allylic oxidation sites excluding steroid dienone is 1. The summed E-state index contributed by atoms with van der Waals surface area (Å²) in [6, 6.07) is 0. The number of hydrogen-bond acceptors (Lipinski definition) is 1. The Balaban J connectivity index is 1.98. The molecule has 0 aromatic heterocycles. The molecule has 15 heavy (non-hydrogen) atoms.